The van der Waals surface area contributed by atoms with Gasteiger partial charge in [-0.1, -0.05) is 23.4 Å². The molecule has 1 aliphatic heterocycles. The maximum atomic E-state index is 9.00. The molecule has 70 valence electrons. The molecule has 0 bridgehead atoms. The molecule has 0 aromatic heterocycles. The molecule has 2 N–H and O–H groups in total. The molecule has 2 rings (SSSR count). The van der Waals surface area contributed by atoms with Gasteiger partial charge in [0.2, 0.25) is 0 Å². The van der Waals surface area contributed by atoms with Crippen molar-refractivity contribution < 1.29 is 10.4 Å². The van der Waals surface area contributed by atoms with Crippen LogP contribution in [0.3, 0.4) is 0 Å². The lowest BCUT2D eigenvalue weighted by molar-refractivity contribution is -0.335. The average molecular weight is 197 g/mol. The highest BCUT2D eigenvalue weighted by atomic mass is 32.2. The van der Waals surface area contributed by atoms with Gasteiger partial charge in [-0.2, -0.15) is 0 Å². The molecule has 1 atom stereocenters. The van der Waals surface area contributed by atoms with Gasteiger partial charge in [0, 0.05) is 10.6 Å². The van der Waals surface area contributed by atoms with Crippen LogP contribution in [0.5, 0.6) is 0 Å². The number of fused-ring (bicyclic) bond motifs is 1. The first-order valence-electron chi connectivity index (χ1n) is 4.18. The van der Waals surface area contributed by atoms with Crippen LogP contribution in [-0.4, -0.2) is 21.4 Å². The quantitative estimate of drug-likeness (QED) is 0.678. The summed E-state index contributed by atoms with van der Waals surface area (Å²) in [6.07, 6.45) is 0.773. The zero-order valence-corrected chi connectivity index (χ0v) is 7.87. The molecule has 1 unspecified atom stereocenters. The molecule has 0 aliphatic carbocycles. The number of rotatable bonds is 1. The molecule has 0 saturated heterocycles. The highest BCUT2D eigenvalue weighted by Crippen LogP contribution is 2.37. The second-order valence-corrected chi connectivity index (χ2v) is 4.15. The van der Waals surface area contributed by atoms with Crippen LogP contribution in [0.1, 0.15) is 18.0 Å². The van der Waals surface area contributed by atoms with Crippen LogP contribution in [0.2, 0.25) is 0 Å². The van der Waals surface area contributed by atoms with Gasteiger partial charge in [0.05, 0.1) is 6.04 Å². The van der Waals surface area contributed by atoms with E-state index in [-0.39, 0.29) is 6.04 Å². The van der Waals surface area contributed by atoms with Crippen LogP contribution in [0.4, 0.5) is 0 Å². The first-order valence-corrected chi connectivity index (χ1v) is 5.16. The number of hydroxylamine groups is 2. The maximum absolute atomic E-state index is 9.00. The van der Waals surface area contributed by atoms with Crippen molar-refractivity contribution in [2.45, 2.75) is 17.4 Å². The van der Waals surface area contributed by atoms with E-state index in [0.29, 0.717) is 5.23 Å². The molecule has 0 spiro atoms. The van der Waals surface area contributed by atoms with E-state index in [2.05, 4.69) is 0 Å². The lowest BCUT2D eigenvalue weighted by atomic mass is 10.0. The lowest BCUT2D eigenvalue weighted by Crippen LogP contribution is -2.24. The van der Waals surface area contributed by atoms with Gasteiger partial charge in [0.1, 0.15) is 0 Å². The van der Waals surface area contributed by atoms with Gasteiger partial charge in [-0.25, -0.2) is 0 Å². The Morgan fingerprint density at radius 2 is 2.08 bits per heavy atom. The largest absolute Gasteiger partial charge is 0.289 e. The number of hydrogen-bond donors (Lipinski definition) is 2. The fourth-order valence-corrected chi connectivity index (χ4v) is 2.67. The molecule has 13 heavy (non-hydrogen) atoms. The highest BCUT2D eigenvalue weighted by Gasteiger charge is 2.24. The van der Waals surface area contributed by atoms with Crippen molar-refractivity contribution in [3.63, 3.8) is 0 Å². The zero-order valence-electron chi connectivity index (χ0n) is 7.05. The number of thioether (sulfide) groups is 1. The summed E-state index contributed by atoms with van der Waals surface area (Å²) in [5.41, 5.74) is 1.00. The molecule has 1 aromatic carbocycles. The minimum Gasteiger partial charge on any atom is -0.289 e. The second kappa shape index (κ2) is 3.67. The summed E-state index contributed by atoms with van der Waals surface area (Å²) >= 11 is 1.76. The van der Waals surface area contributed by atoms with Crippen LogP contribution in [0.15, 0.2) is 29.2 Å². The zero-order chi connectivity index (χ0) is 9.26. The van der Waals surface area contributed by atoms with E-state index in [1.165, 1.54) is 0 Å². The van der Waals surface area contributed by atoms with Crippen molar-refractivity contribution in [2.24, 2.45) is 0 Å². The summed E-state index contributed by atoms with van der Waals surface area (Å²) in [4.78, 5) is 1.15. The average Bonchev–Trinajstić information content (AvgIpc) is 2.17. The Hall–Kier alpha value is -0.550. The first-order chi connectivity index (χ1) is 6.29. The summed E-state index contributed by atoms with van der Waals surface area (Å²) in [6, 6.07) is 7.56. The van der Waals surface area contributed by atoms with Crippen LogP contribution >= 0.6 is 11.8 Å². The topological polar surface area (TPSA) is 43.7 Å². The van der Waals surface area contributed by atoms with Gasteiger partial charge in [0.15, 0.2) is 0 Å². The second-order valence-electron chi connectivity index (χ2n) is 3.01. The summed E-state index contributed by atoms with van der Waals surface area (Å²) in [5, 5.41) is 18.3. The minimum absolute atomic E-state index is 0.266. The van der Waals surface area contributed by atoms with Gasteiger partial charge in [-0.05, 0) is 18.1 Å². The molecule has 0 saturated carbocycles. The van der Waals surface area contributed by atoms with Gasteiger partial charge in [0.25, 0.3) is 0 Å². The fourth-order valence-electron chi connectivity index (χ4n) is 1.56. The fraction of sp³-hybridized carbons (Fsp3) is 0.333. The monoisotopic (exact) mass is 197 g/mol. The standard InChI is InChI=1S/C9H11NO2S/c11-10(12)8-5-6-13-9-4-2-1-3-7(8)9/h1-4,8,11-12H,5-6H2. The van der Waals surface area contributed by atoms with Gasteiger partial charge >= 0.3 is 0 Å². The van der Waals surface area contributed by atoms with E-state index in [0.717, 1.165) is 22.6 Å². The minimum atomic E-state index is -0.266. The SMILES string of the molecule is ON(O)C1CCSc2ccccc21. The van der Waals surface area contributed by atoms with Crippen molar-refractivity contribution in [3.8, 4) is 0 Å². The van der Waals surface area contributed by atoms with E-state index in [4.69, 9.17) is 10.4 Å². The van der Waals surface area contributed by atoms with Crippen LogP contribution < -0.4 is 0 Å². The molecule has 0 amide bonds. The molecule has 1 aliphatic rings. The number of benzene rings is 1. The van der Waals surface area contributed by atoms with Crippen molar-refractivity contribution in [3.05, 3.63) is 29.8 Å². The van der Waals surface area contributed by atoms with E-state index < -0.39 is 0 Å². The van der Waals surface area contributed by atoms with Crippen LogP contribution in [0, 0.1) is 0 Å². The summed E-state index contributed by atoms with van der Waals surface area (Å²) in [6.45, 7) is 0. The third-order valence-corrected chi connectivity index (χ3v) is 3.33. The summed E-state index contributed by atoms with van der Waals surface area (Å²) in [5.74, 6) is 0.930. The predicted molar refractivity (Wildman–Crippen MR) is 49.9 cm³/mol. The Kier molecular flexibility index (Phi) is 2.55. The summed E-state index contributed by atoms with van der Waals surface area (Å²) in [7, 11) is 0. The van der Waals surface area contributed by atoms with Crippen molar-refractivity contribution in [1.82, 2.24) is 5.23 Å². The Balaban J connectivity index is 2.37. The van der Waals surface area contributed by atoms with Crippen molar-refractivity contribution in [1.29, 1.82) is 0 Å². The third-order valence-electron chi connectivity index (χ3n) is 2.21. The Morgan fingerprint density at radius 1 is 1.31 bits per heavy atom. The smallest absolute Gasteiger partial charge is 0.0891 e. The molecule has 1 heterocycles. The predicted octanol–water partition coefficient (Wildman–Crippen LogP) is 2.30. The van der Waals surface area contributed by atoms with Crippen LogP contribution in [0.25, 0.3) is 0 Å². The van der Waals surface area contributed by atoms with Crippen molar-refractivity contribution in [2.75, 3.05) is 5.75 Å². The molecule has 4 heteroatoms. The van der Waals surface area contributed by atoms with Gasteiger partial charge in [-0.3, -0.25) is 10.4 Å². The molecule has 0 radical (unpaired) electrons. The van der Waals surface area contributed by atoms with E-state index in [9.17, 15) is 0 Å². The van der Waals surface area contributed by atoms with Crippen LogP contribution in [-0.2, 0) is 0 Å². The molecular weight excluding hydrogens is 186 g/mol. The normalized spacial score (nSPS) is 21.6. The van der Waals surface area contributed by atoms with Crippen molar-refractivity contribution >= 4 is 11.8 Å². The molecule has 0 fully saturated rings. The maximum Gasteiger partial charge on any atom is 0.0891 e. The molecule has 1 aromatic rings. The van der Waals surface area contributed by atoms with E-state index >= 15 is 0 Å². The Bertz CT molecular complexity index is 303. The number of hydrogen-bond acceptors (Lipinski definition) is 4. The number of nitrogens with zero attached hydrogens (tertiary/aromatic N) is 1. The lowest BCUT2D eigenvalue weighted by Gasteiger charge is -2.26. The first kappa shape index (κ1) is 9.02. The Labute approximate surface area is 80.9 Å². The molecular formula is C9H11NO2S. The third kappa shape index (κ3) is 1.71. The van der Waals surface area contributed by atoms with Gasteiger partial charge in [-0.15, -0.1) is 11.8 Å². The van der Waals surface area contributed by atoms with E-state index in [1.807, 2.05) is 24.3 Å². The van der Waals surface area contributed by atoms with Gasteiger partial charge < -0.3 is 0 Å². The van der Waals surface area contributed by atoms with E-state index in [1.54, 1.807) is 11.8 Å². The molecule has 3 nitrogen and oxygen atoms in total. The highest BCUT2D eigenvalue weighted by molar-refractivity contribution is 7.99. The summed E-state index contributed by atoms with van der Waals surface area (Å²) < 4.78 is 0. The Morgan fingerprint density at radius 3 is 2.85 bits per heavy atom.